The van der Waals surface area contributed by atoms with Gasteiger partial charge in [0.05, 0.1) is 11.0 Å². The predicted octanol–water partition coefficient (Wildman–Crippen LogP) is 1.92. The highest BCUT2D eigenvalue weighted by Gasteiger charge is 2.40. The number of hydrogen-bond acceptors (Lipinski definition) is 6. The molecule has 4 atom stereocenters. The molecule has 3 aliphatic rings. The van der Waals surface area contributed by atoms with E-state index in [0.717, 1.165) is 19.4 Å². The van der Waals surface area contributed by atoms with Crippen LogP contribution in [-0.4, -0.2) is 51.9 Å². The molecule has 8 nitrogen and oxygen atoms in total. The first kappa shape index (κ1) is 17.2. The lowest BCUT2D eigenvalue weighted by atomic mass is 9.85. The third kappa shape index (κ3) is 3.51. The third-order valence-corrected chi connectivity index (χ3v) is 5.97. The number of hydrogen-bond donors (Lipinski definition) is 2. The lowest BCUT2D eigenvalue weighted by Gasteiger charge is -2.24. The van der Waals surface area contributed by atoms with Crippen molar-refractivity contribution in [3.05, 3.63) is 28.4 Å². The van der Waals surface area contributed by atoms with Gasteiger partial charge in [-0.3, -0.25) is 14.9 Å². The number of nitrogens with one attached hydrogen (secondary N) is 2. The van der Waals surface area contributed by atoms with Crippen molar-refractivity contribution in [2.75, 3.05) is 18.4 Å². The number of carbonyl (C=O) groups is 1. The zero-order valence-corrected chi connectivity index (χ0v) is 14.8. The zero-order chi connectivity index (χ0) is 18.1. The van der Waals surface area contributed by atoms with Crippen molar-refractivity contribution >= 4 is 17.4 Å². The minimum atomic E-state index is -0.459. The van der Waals surface area contributed by atoms with Crippen molar-refractivity contribution in [1.29, 1.82) is 0 Å². The molecule has 3 fully saturated rings. The highest BCUT2D eigenvalue weighted by Crippen LogP contribution is 2.34. The van der Waals surface area contributed by atoms with Crippen LogP contribution in [-0.2, 0) is 4.79 Å². The van der Waals surface area contributed by atoms with Gasteiger partial charge >= 0.3 is 0 Å². The molecule has 140 valence electrons. The molecule has 0 aromatic carbocycles. The average Bonchev–Trinajstić information content (AvgIpc) is 3.28. The first-order valence-corrected chi connectivity index (χ1v) is 9.52. The quantitative estimate of drug-likeness (QED) is 0.629. The Hall–Kier alpha value is -2.22. The van der Waals surface area contributed by atoms with Crippen LogP contribution in [0, 0.1) is 16.0 Å². The fraction of sp³-hybridized carbons (Fsp3) is 0.667. The van der Waals surface area contributed by atoms with Crippen LogP contribution in [0.5, 0.6) is 0 Å². The smallest absolute Gasteiger partial charge is 0.287 e. The minimum absolute atomic E-state index is 0.0208. The van der Waals surface area contributed by atoms with E-state index in [1.165, 1.54) is 37.9 Å². The molecule has 0 bridgehead atoms. The number of carbonyl (C=O) groups excluding carboxylic acids is 1. The number of amides is 1. The zero-order valence-electron chi connectivity index (χ0n) is 14.8. The highest BCUT2D eigenvalue weighted by molar-refractivity contribution is 5.82. The second-order valence-electron chi connectivity index (χ2n) is 7.68. The first-order chi connectivity index (χ1) is 12.6. The Balaban J connectivity index is 1.30. The maximum absolute atomic E-state index is 12.9. The number of pyridine rings is 1. The van der Waals surface area contributed by atoms with Gasteiger partial charge in [0.15, 0.2) is 0 Å². The molecule has 2 N–H and O–H groups in total. The number of fused-ring (bicyclic) bond motifs is 1. The van der Waals surface area contributed by atoms with E-state index in [2.05, 4.69) is 15.6 Å². The molecule has 1 aromatic heterocycles. The van der Waals surface area contributed by atoms with Gasteiger partial charge in [-0.25, -0.2) is 4.98 Å². The van der Waals surface area contributed by atoms with E-state index >= 15 is 0 Å². The van der Waals surface area contributed by atoms with Gasteiger partial charge in [-0.1, -0.05) is 12.8 Å². The predicted molar refractivity (Wildman–Crippen MR) is 96.8 cm³/mol. The molecule has 4 rings (SSSR count). The molecule has 4 unspecified atom stereocenters. The molecule has 0 spiro atoms. The van der Waals surface area contributed by atoms with Gasteiger partial charge in [0.25, 0.3) is 5.69 Å². The monoisotopic (exact) mass is 359 g/mol. The molecule has 0 radical (unpaired) electrons. The number of nitrogens with zero attached hydrogens (tertiary/aromatic N) is 3. The van der Waals surface area contributed by atoms with Gasteiger partial charge < -0.3 is 15.5 Å². The fourth-order valence-electron chi connectivity index (χ4n) is 4.60. The number of likely N-dealkylation sites (tertiary alicyclic amines) is 1. The summed E-state index contributed by atoms with van der Waals surface area (Å²) in [5.74, 6) is 1.50. The van der Waals surface area contributed by atoms with Gasteiger partial charge in [0, 0.05) is 31.2 Å². The largest absolute Gasteiger partial charge is 0.365 e. The molecule has 1 saturated carbocycles. The third-order valence-electron chi connectivity index (χ3n) is 5.97. The number of rotatable bonds is 4. The van der Waals surface area contributed by atoms with Crippen molar-refractivity contribution < 1.29 is 9.72 Å². The topological polar surface area (TPSA) is 100 Å². The van der Waals surface area contributed by atoms with Crippen molar-refractivity contribution in [3.63, 3.8) is 0 Å². The van der Waals surface area contributed by atoms with E-state index in [4.69, 9.17) is 0 Å². The van der Waals surface area contributed by atoms with Gasteiger partial charge in [-0.15, -0.1) is 0 Å². The molecule has 1 amide bonds. The van der Waals surface area contributed by atoms with Gasteiger partial charge in [0.2, 0.25) is 5.91 Å². The summed E-state index contributed by atoms with van der Waals surface area (Å²) in [6.07, 6.45) is 8.10. The van der Waals surface area contributed by atoms with Crippen LogP contribution < -0.4 is 10.6 Å². The Morgan fingerprint density at radius 2 is 2.15 bits per heavy atom. The highest BCUT2D eigenvalue weighted by atomic mass is 16.6. The summed E-state index contributed by atoms with van der Waals surface area (Å²) >= 11 is 0. The molecule has 8 heteroatoms. The van der Waals surface area contributed by atoms with Crippen molar-refractivity contribution in [2.45, 2.75) is 56.7 Å². The molecule has 2 saturated heterocycles. The summed E-state index contributed by atoms with van der Waals surface area (Å²) in [6, 6.07) is 3.69. The molecule has 1 aromatic rings. The lowest BCUT2D eigenvalue weighted by molar-refractivity contribution is -0.385. The summed E-state index contributed by atoms with van der Waals surface area (Å²) in [5.41, 5.74) is -0.0208. The SMILES string of the molecule is O=C(C1CC2CCCCC2N1)N1CCC(Nc2ccc([N+](=O)[O-])cn2)C1. The Labute approximate surface area is 152 Å². The van der Waals surface area contributed by atoms with Crippen LogP contribution in [0.1, 0.15) is 38.5 Å². The second kappa shape index (κ2) is 7.19. The van der Waals surface area contributed by atoms with E-state index < -0.39 is 4.92 Å². The summed E-state index contributed by atoms with van der Waals surface area (Å²) in [4.78, 5) is 29.1. The van der Waals surface area contributed by atoms with Crippen LogP contribution in [0.15, 0.2) is 18.3 Å². The fourth-order valence-corrected chi connectivity index (χ4v) is 4.60. The van der Waals surface area contributed by atoms with Crippen LogP contribution in [0.25, 0.3) is 0 Å². The molecule has 1 aliphatic carbocycles. The van der Waals surface area contributed by atoms with Crippen LogP contribution in [0.3, 0.4) is 0 Å². The van der Waals surface area contributed by atoms with Crippen molar-refractivity contribution in [3.8, 4) is 0 Å². The van der Waals surface area contributed by atoms with Crippen molar-refractivity contribution in [1.82, 2.24) is 15.2 Å². The van der Waals surface area contributed by atoms with Crippen LogP contribution >= 0.6 is 0 Å². The Morgan fingerprint density at radius 3 is 2.88 bits per heavy atom. The Morgan fingerprint density at radius 1 is 1.31 bits per heavy atom. The number of anilines is 1. The van der Waals surface area contributed by atoms with Crippen LogP contribution in [0.2, 0.25) is 0 Å². The molecule has 3 heterocycles. The molecular weight excluding hydrogens is 334 g/mol. The first-order valence-electron chi connectivity index (χ1n) is 9.52. The standard InChI is InChI=1S/C18H25N5O3/c24-18(16-9-12-3-1-2-4-15(12)21-16)22-8-7-13(11-22)20-17-6-5-14(10-19-17)23(25)26/h5-6,10,12-13,15-16,21H,1-4,7-9,11H2,(H,19,20). The van der Waals surface area contributed by atoms with E-state index in [0.29, 0.717) is 24.3 Å². The van der Waals surface area contributed by atoms with Crippen LogP contribution in [0.4, 0.5) is 11.5 Å². The normalized spacial score (nSPS) is 30.8. The maximum atomic E-state index is 12.9. The van der Waals surface area contributed by atoms with Crippen molar-refractivity contribution in [2.24, 2.45) is 5.92 Å². The van der Waals surface area contributed by atoms with Gasteiger partial charge in [0.1, 0.15) is 12.0 Å². The summed E-state index contributed by atoms with van der Waals surface area (Å²) in [5, 5.41) is 17.5. The Kier molecular flexibility index (Phi) is 4.76. The minimum Gasteiger partial charge on any atom is -0.365 e. The second-order valence-corrected chi connectivity index (χ2v) is 7.68. The molecule has 26 heavy (non-hydrogen) atoms. The maximum Gasteiger partial charge on any atom is 0.287 e. The Bertz CT molecular complexity index is 666. The molecular formula is C18H25N5O3. The van der Waals surface area contributed by atoms with E-state index in [1.54, 1.807) is 6.07 Å². The molecule has 2 aliphatic heterocycles. The summed E-state index contributed by atoms with van der Waals surface area (Å²) < 4.78 is 0. The summed E-state index contributed by atoms with van der Waals surface area (Å²) in [7, 11) is 0. The van der Waals surface area contributed by atoms with Gasteiger partial charge in [-0.2, -0.15) is 0 Å². The van der Waals surface area contributed by atoms with E-state index in [1.807, 2.05) is 4.90 Å². The van der Waals surface area contributed by atoms with E-state index in [9.17, 15) is 14.9 Å². The van der Waals surface area contributed by atoms with E-state index in [-0.39, 0.29) is 23.7 Å². The number of aromatic nitrogens is 1. The summed E-state index contributed by atoms with van der Waals surface area (Å²) in [6.45, 7) is 1.40. The lowest BCUT2D eigenvalue weighted by Crippen LogP contribution is -2.45. The number of nitro groups is 1. The average molecular weight is 359 g/mol. The van der Waals surface area contributed by atoms with Gasteiger partial charge in [-0.05, 0) is 37.7 Å².